The fourth-order valence-electron chi connectivity index (χ4n) is 1.10. The monoisotopic (exact) mass is 244 g/mol. The van der Waals surface area contributed by atoms with E-state index in [2.05, 4.69) is 0 Å². The Labute approximate surface area is 105 Å². The number of rotatable bonds is 6. The van der Waals surface area contributed by atoms with Gasteiger partial charge in [-0.2, -0.15) is 0 Å². The lowest BCUT2D eigenvalue weighted by molar-refractivity contribution is -0.870. The maximum Gasteiger partial charge on any atom is 0.306 e. The minimum atomic E-state index is -0.372. The zero-order valence-electron chi connectivity index (χ0n) is 12.0. The average Bonchev–Trinajstić information content (AvgIpc) is 2.10. The second-order valence-electron chi connectivity index (χ2n) is 6.41. The molecule has 0 aliphatic rings. The van der Waals surface area contributed by atoms with Crippen LogP contribution in [-0.2, 0) is 14.3 Å². The number of esters is 1. The smallest absolute Gasteiger partial charge is 0.306 e. The molecule has 0 aromatic rings. The first-order valence-corrected chi connectivity index (χ1v) is 6.02. The van der Waals surface area contributed by atoms with E-state index in [9.17, 15) is 9.59 Å². The molecule has 0 aliphatic heterocycles. The van der Waals surface area contributed by atoms with Crippen LogP contribution in [0.2, 0.25) is 0 Å². The summed E-state index contributed by atoms with van der Waals surface area (Å²) in [5.74, 6) is -0.183. The van der Waals surface area contributed by atoms with Gasteiger partial charge in [0.25, 0.3) is 0 Å². The van der Waals surface area contributed by atoms with E-state index in [0.717, 1.165) is 11.0 Å². The lowest BCUT2D eigenvalue weighted by atomic mass is 9.88. The minimum Gasteiger partial charge on any atom is -0.460 e. The lowest BCUT2D eigenvalue weighted by Crippen LogP contribution is -2.38. The van der Waals surface area contributed by atoms with Crippen molar-refractivity contribution in [3.63, 3.8) is 0 Å². The molecular formula is C13H26NO3+. The maximum atomic E-state index is 11.6. The number of hydrogen-bond acceptors (Lipinski definition) is 3. The zero-order valence-corrected chi connectivity index (χ0v) is 12.0. The van der Waals surface area contributed by atoms with E-state index in [0.29, 0.717) is 6.61 Å². The van der Waals surface area contributed by atoms with Crippen LogP contribution in [0.15, 0.2) is 0 Å². The van der Waals surface area contributed by atoms with E-state index in [1.165, 1.54) is 0 Å². The summed E-state index contributed by atoms with van der Waals surface area (Å²) in [6, 6.07) is 0. The van der Waals surface area contributed by atoms with E-state index in [4.69, 9.17) is 4.74 Å². The van der Waals surface area contributed by atoms with Crippen LogP contribution >= 0.6 is 0 Å². The van der Waals surface area contributed by atoms with Crippen molar-refractivity contribution in [2.75, 3.05) is 34.3 Å². The van der Waals surface area contributed by atoms with Gasteiger partial charge in [-0.1, -0.05) is 20.8 Å². The molecule has 0 bridgehead atoms. The van der Waals surface area contributed by atoms with Gasteiger partial charge in [-0.15, -0.1) is 0 Å². The Balaban J connectivity index is 3.79. The van der Waals surface area contributed by atoms with Crippen molar-refractivity contribution in [3.8, 4) is 0 Å². The molecule has 0 N–H and O–H groups in total. The van der Waals surface area contributed by atoms with Crippen molar-refractivity contribution in [3.05, 3.63) is 0 Å². The van der Waals surface area contributed by atoms with E-state index in [1.54, 1.807) is 0 Å². The summed E-state index contributed by atoms with van der Waals surface area (Å²) in [6.45, 7) is 6.76. The summed E-state index contributed by atoms with van der Waals surface area (Å²) < 4.78 is 5.83. The van der Waals surface area contributed by atoms with E-state index < -0.39 is 0 Å². The second kappa shape index (κ2) is 6.15. The fraction of sp³-hybridized carbons (Fsp3) is 0.846. The van der Waals surface area contributed by atoms with Crippen LogP contribution in [0.25, 0.3) is 0 Å². The Kier molecular flexibility index (Phi) is 5.82. The molecule has 4 heteroatoms. The molecular weight excluding hydrogens is 218 g/mol. The molecule has 0 aromatic heterocycles. The predicted molar refractivity (Wildman–Crippen MR) is 67.6 cm³/mol. The Morgan fingerprint density at radius 3 is 2.00 bits per heavy atom. The number of ether oxygens (including phenoxy) is 1. The fourth-order valence-corrected chi connectivity index (χ4v) is 1.10. The van der Waals surface area contributed by atoms with Crippen LogP contribution in [0.1, 0.15) is 33.6 Å². The highest BCUT2D eigenvalue weighted by molar-refractivity contribution is 5.86. The molecule has 0 amide bonds. The van der Waals surface area contributed by atoms with Gasteiger partial charge in [-0.25, -0.2) is 0 Å². The number of carbonyl (C=O) groups excluding carboxylic acids is 2. The number of likely N-dealkylation sites (N-methyl/N-ethyl adjacent to an activating group) is 1. The molecule has 0 aliphatic carbocycles. The van der Waals surface area contributed by atoms with Crippen molar-refractivity contribution >= 4 is 11.8 Å². The zero-order chi connectivity index (χ0) is 13.7. The number of carbonyl (C=O) groups is 2. The van der Waals surface area contributed by atoms with Crippen molar-refractivity contribution < 1.29 is 18.8 Å². The molecule has 17 heavy (non-hydrogen) atoms. The van der Waals surface area contributed by atoms with Crippen molar-refractivity contribution in [1.82, 2.24) is 0 Å². The first kappa shape index (κ1) is 16.1. The van der Waals surface area contributed by atoms with Crippen molar-refractivity contribution in [2.24, 2.45) is 5.41 Å². The van der Waals surface area contributed by atoms with Gasteiger partial charge >= 0.3 is 5.97 Å². The highest BCUT2D eigenvalue weighted by atomic mass is 16.5. The molecule has 0 fully saturated rings. The summed E-state index contributed by atoms with van der Waals surface area (Å²) in [5, 5.41) is 0. The second-order valence-corrected chi connectivity index (χ2v) is 6.41. The van der Waals surface area contributed by atoms with Crippen LogP contribution < -0.4 is 0 Å². The van der Waals surface area contributed by atoms with E-state index in [1.807, 2.05) is 41.9 Å². The summed E-state index contributed by atoms with van der Waals surface area (Å²) in [6.07, 6.45) is 0.458. The third-order valence-electron chi connectivity index (χ3n) is 2.42. The van der Waals surface area contributed by atoms with Gasteiger partial charge in [-0.3, -0.25) is 9.59 Å². The van der Waals surface area contributed by atoms with Crippen LogP contribution in [0.4, 0.5) is 0 Å². The molecule has 4 nitrogen and oxygen atoms in total. The summed E-state index contributed by atoms with van der Waals surface area (Å²) in [7, 11) is 6.12. The molecule has 0 saturated carbocycles. The number of nitrogens with zero attached hydrogens (tertiary/aromatic N) is 1. The van der Waals surface area contributed by atoms with Gasteiger partial charge in [0.2, 0.25) is 0 Å². The van der Waals surface area contributed by atoms with E-state index >= 15 is 0 Å². The Morgan fingerprint density at radius 1 is 1.06 bits per heavy atom. The van der Waals surface area contributed by atoms with Gasteiger partial charge in [-0.05, 0) is 0 Å². The molecule has 0 radical (unpaired) electrons. The van der Waals surface area contributed by atoms with Crippen molar-refractivity contribution in [1.29, 1.82) is 0 Å². The highest BCUT2D eigenvalue weighted by Crippen LogP contribution is 2.17. The summed E-state index contributed by atoms with van der Waals surface area (Å²) >= 11 is 0. The van der Waals surface area contributed by atoms with Gasteiger partial charge in [0.1, 0.15) is 18.9 Å². The Bertz CT molecular complexity index is 271. The normalized spacial score (nSPS) is 12.4. The van der Waals surface area contributed by atoms with Gasteiger partial charge < -0.3 is 9.22 Å². The first-order chi connectivity index (χ1) is 7.52. The lowest BCUT2D eigenvalue weighted by Gasteiger charge is -2.23. The first-order valence-electron chi connectivity index (χ1n) is 6.02. The molecule has 0 aromatic carbocycles. The number of Topliss-reactive ketones (excluding diaryl/α,β-unsaturated/α-hetero) is 1. The third kappa shape index (κ3) is 8.86. The maximum absolute atomic E-state index is 11.6. The van der Waals surface area contributed by atoms with Crippen LogP contribution in [0.5, 0.6) is 0 Å². The van der Waals surface area contributed by atoms with Crippen LogP contribution in [0.3, 0.4) is 0 Å². The standard InChI is InChI=1S/C13H26NO3/c1-13(2,3)11(15)7-8-12(16)17-10-9-14(4,5)6/h7-10H2,1-6H3/q+1. The largest absolute Gasteiger partial charge is 0.460 e. The quantitative estimate of drug-likeness (QED) is 0.527. The topological polar surface area (TPSA) is 43.4 Å². The molecule has 0 rings (SSSR count). The predicted octanol–water partition coefficient (Wildman–Crippen LogP) is 1.63. The molecule has 0 atom stereocenters. The SMILES string of the molecule is CC(C)(C)C(=O)CCC(=O)OCC[N+](C)(C)C. The Hall–Kier alpha value is -0.900. The minimum absolute atomic E-state index is 0.0982. The van der Waals surface area contributed by atoms with Crippen LogP contribution in [-0.4, -0.2) is 50.5 Å². The number of hydrogen-bond donors (Lipinski definition) is 0. The van der Waals surface area contributed by atoms with Gasteiger partial charge in [0.05, 0.1) is 27.6 Å². The molecule has 0 unspecified atom stereocenters. The molecule has 0 heterocycles. The highest BCUT2D eigenvalue weighted by Gasteiger charge is 2.21. The average molecular weight is 244 g/mol. The van der Waals surface area contributed by atoms with Gasteiger partial charge in [0, 0.05) is 11.8 Å². The van der Waals surface area contributed by atoms with Gasteiger partial charge in [0.15, 0.2) is 0 Å². The molecule has 0 saturated heterocycles. The number of quaternary nitrogens is 1. The summed E-state index contributed by atoms with van der Waals surface area (Å²) in [5.41, 5.74) is -0.372. The third-order valence-corrected chi connectivity index (χ3v) is 2.42. The summed E-state index contributed by atoms with van der Waals surface area (Å²) in [4.78, 5) is 23.0. The van der Waals surface area contributed by atoms with Crippen LogP contribution in [0, 0.1) is 5.41 Å². The molecule has 100 valence electrons. The van der Waals surface area contributed by atoms with E-state index in [-0.39, 0.29) is 30.0 Å². The Morgan fingerprint density at radius 2 is 1.59 bits per heavy atom. The number of ketones is 1. The van der Waals surface area contributed by atoms with Crippen molar-refractivity contribution in [2.45, 2.75) is 33.6 Å². The molecule has 0 spiro atoms.